The number of carbonyl (C=O) groups is 2. The summed E-state index contributed by atoms with van der Waals surface area (Å²) in [6, 6.07) is 13.1. The highest BCUT2D eigenvalue weighted by atomic mass is 32.2. The first-order valence-electron chi connectivity index (χ1n) is 11.3. The molecule has 1 N–H and O–H groups in total. The van der Waals surface area contributed by atoms with Gasteiger partial charge in [-0.3, -0.25) is 9.59 Å². The molecule has 174 valence electrons. The van der Waals surface area contributed by atoms with Gasteiger partial charge in [-0.25, -0.2) is 8.42 Å². The monoisotopic (exact) mass is 485 g/mol. The number of thioether (sulfide) groups is 1. The lowest BCUT2D eigenvalue weighted by atomic mass is 9.94. The number of rotatable bonds is 3. The molecule has 5 rings (SSSR count). The smallest absolute Gasteiger partial charge is 0.243 e. The van der Waals surface area contributed by atoms with Crippen LogP contribution in [-0.4, -0.2) is 54.3 Å². The Balaban J connectivity index is 1.24. The zero-order valence-corrected chi connectivity index (χ0v) is 20.1. The van der Waals surface area contributed by atoms with E-state index in [1.165, 1.54) is 27.2 Å². The van der Waals surface area contributed by atoms with Gasteiger partial charge in [0.1, 0.15) is 0 Å². The minimum Gasteiger partial charge on any atom is -0.338 e. The predicted molar refractivity (Wildman–Crippen MR) is 127 cm³/mol. The van der Waals surface area contributed by atoms with Crippen molar-refractivity contribution in [3.8, 4) is 0 Å². The second-order valence-corrected chi connectivity index (χ2v) is 12.2. The molecule has 7 nitrogen and oxygen atoms in total. The summed E-state index contributed by atoms with van der Waals surface area (Å²) in [4.78, 5) is 28.1. The number of hydrogen-bond donors (Lipinski definition) is 1. The van der Waals surface area contributed by atoms with E-state index in [0.717, 1.165) is 11.3 Å². The Labute approximate surface area is 198 Å². The van der Waals surface area contributed by atoms with Crippen LogP contribution in [0.1, 0.15) is 30.9 Å². The Morgan fingerprint density at radius 1 is 1.06 bits per heavy atom. The Morgan fingerprint density at radius 3 is 2.55 bits per heavy atom. The molecule has 1 saturated heterocycles. The van der Waals surface area contributed by atoms with Crippen molar-refractivity contribution in [2.24, 2.45) is 5.92 Å². The van der Waals surface area contributed by atoms with E-state index in [1.54, 1.807) is 18.2 Å². The molecule has 0 saturated carbocycles. The molecule has 0 spiro atoms. The Hall–Kier alpha value is -2.36. The first kappa shape index (κ1) is 22.4. The largest absolute Gasteiger partial charge is 0.338 e. The van der Waals surface area contributed by atoms with Crippen LogP contribution in [0.4, 0.5) is 5.69 Å². The highest BCUT2D eigenvalue weighted by Gasteiger charge is 2.35. The van der Waals surface area contributed by atoms with E-state index in [0.29, 0.717) is 44.7 Å². The van der Waals surface area contributed by atoms with Gasteiger partial charge in [-0.05, 0) is 55.5 Å². The second kappa shape index (κ2) is 8.77. The summed E-state index contributed by atoms with van der Waals surface area (Å²) in [5.41, 5.74) is 3.04. The number of nitrogens with one attached hydrogen (secondary N) is 1. The van der Waals surface area contributed by atoms with Crippen molar-refractivity contribution in [2.45, 2.75) is 47.8 Å². The average molecular weight is 486 g/mol. The lowest BCUT2D eigenvalue weighted by Crippen LogP contribution is -2.45. The molecule has 2 aromatic rings. The maximum absolute atomic E-state index is 13.2. The molecular weight excluding hydrogens is 458 g/mol. The number of amides is 2. The zero-order chi connectivity index (χ0) is 23.2. The molecule has 3 heterocycles. The third-order valence-corrected chi connectivity index (χ3v) is 9.84. The molecule has 0 bridgehead atoms. The van der Waals surface area contributed by atoms with E-state index in [-0.39, 0.29) is 27.9 Å². The summed E-state index contributed by atoms with van der Waals surface area (Å²) in [7, 11) is -3.69. The van der Waals surface area contributed by atoms with Gasteiger partial charge < -0.3 is 10.2 Å². The van der Waals surface area contributed by atoms with Crippen molar-refractivity contribution in [1.82, 2.24) is 9.21 Å². The molecule has 3 aliphatic rings. The number of benzene rings is 2. The third-order valence-electron chi connectivity index (χ3n) is 6.77. The van der Waals surface area contributed by atoms with Gasteiger partial charge in [0.05, 0.1) is 15.8 Å². The highest BCUT2D eigenvalue weighted by molar-refractivity contribution is 8.01. The number of hydrogen-bond acceptors (Lipinski definition) is 5. The van der Waals surface area contributed by atoms with Crippen LogP contribution < -0.4 is 5.32 Å². The van der Waals surface area contributed by atoms with E-state index >= 15 is 0 Å². The van der Waals surface area contributed by atoms with Crippen molar-refractivity contribution in [3.05, 3.63) is 53.6 Å². The zero-order valence-electron chi connectivity index (χ0n) is 18.5. The van der Waals surface area contributed by atoms with Gasteiger partial charge in [-0.2, -0.15) is 4.31 Å². The van der Waals surface area contributed by atoms with Gasteiger partial charge in [-0.1, -0.05) is 24.3 Å². The van der Waals surface area contributed by atoms with Crippen LogP contribution in [0.25, 0.3) is 0 Å². The van der Waals surface area contributed by atoms with Gasteiger partial charge in [0.15, 0.2) is 0 Å². The standard InChI is InChI=1S/C24H27N3O4S2/c1-16-23(28)25-21-14-20(6-7-22(21)32-16)33(30,31)27-12-9-18(10-13-27)24(29)26-11-8-17-4-2-3-5-19(17)15-26/h2-7,14,16,18H,8-13,15H2,1H3,(H,25,28)/t16-/m1/s1. The van der Waals surface area contributed by atoms with Crippen molar-refractivity contribution in [1.29, 1.82) is 0 Å². The number of carbonyl (C=O) groups excluding carboxylic acids is 2. The first-order chi connectivity index (χ1) is 15.8. The summed E-state index contributed by atoms with van der Waals surface area (Å²) < 4.78 is 28.0. The van der Waals surface area contributed by atoms with Crippen molar-refractivity contribution < 1.29 is 18.0 Å². The predicted octanol–water partition coefficient (Wildman–Crippen LogP) is 3.10. The fraction of sp³-hybridized carbons (Fsp3) is 0.417. The number of sulfonamides is 1. The summed E-state index contributed by atoms with van der Waals surface area (Å²) in [5, 5.41) is 2.59. The highest BCUT2D eigenvalue weighted by Crippen LogP contribution is 2.37. The fourth-order valence-corrected chi connectivity index (χ4v) is 7.21. The fourth-order valence-electron chi connectivity index (χ4n) is 4.78. The molecule has 0 radical (unpaired) electrons. The molecule has 1 atom stereocenters. The van der Waals surface area contributed by atoms with Crippen molar-refractivity contribution in [2.75, 3.05) is 25.0 Å². The number of fused-ring (bicyclic) bond motifs is 2. The molecule has 33 heavy (non-hydrogen) atoms. The molecule has 2 amide bonds. The van der Waals surface area contributed by atoms with Crippen LogP contribution in [0.3, 0.4) is 0 Å². The van der Waals surface area contributed by atoms with Crippen molar-refractivity contribution >= 4 is 39.3 Å². The lowest BCUT2D eigenvalue weighted by Gasteiger charge is -2.35. The maximum atomic E-state index is 13.2. The van der Waals surface area contributed by atoms with Crippen LogP contribution >= 0.6 is 11.8 Å². The van der Waals surface area contributed by atoms with E-state index in [1.807, 2.05) is 24.0 Å². The quantitative estimate of drug-likeness (QED) is 0.722. The Kier molecular flexibility index (Phi) is 5.96. The topological polar surface area (TPSA) is 86.8 Å². The summed E-state index contributed by atoms with van der Waals surface area (Å²) in [6.45, 7) is 3.80. The van der Waals surface area contributed by atoms with Gasteiger partial charge >= 0.3 is 0 Å². The summed E-state index contributed by atoms with van der Waals surface area (Å²) in [5.74, 6) is -0.145. The van der Waals surface area contributed by atoms with E-state index < -0.39 is 10.0 Å². The lowest BCUT2D eigenvalue weighted by molar-refractivity contribution is -0.137. The van der Waals surface area contributed by atoms with Crippen LogP contribution in [0, 0.1) is 5.92 Å². The SMILES string of the molecule is C[C@H]1Sc2ccc(S(=O)(=O)N3CCC(C(=O)N4CCc5ccccc5C4)CC3)cc2NC1=O. The Morgan fingerprint density at radius 2 is 1.79 bits per heavy atom. The molecule has 0 unspecified atom stereocenters. The van der Waals surface area contributed by atoms with E-state index in [9.17, 15) is 18.0 Å². The molecule has 0 aromatic heterocycles. The summed E-state index contributed by atoms with van der Waals surface area (Å²) >= 11 is 1.43. The minimum absolute atomic E-state index is 0.123. The maximum Gasteiger partial charge on any atom is 0.243 e. The van der Waals surface area contributed by atoms with Gasteiger partial charge in [0, 0.05) is 37.0 Å². The number of nitrogens with zero attached hydrogens (tertiary/aromatic N) is 2. The Bertz CT molecular complexity index is 1210. The van der Waals surface area contributed by atoms with Crippen molar-refractivity contribution in [3.63, 3.8) is 0 Å². The van der Waals surface area contributed by atoms with Gasteiger partial charge in [-0.15, -0.1) is 11.8 Å². The number of anilines is 1. The average Bonchev–Trinajstić information content (AvgIpc) is 2.83. The van der Waals surface area contributed by atoms with Crippen LogP contribution in [0.5, 0.6) is 0 Å². The molecule has 0 aliphatic carbocycles. The molecule has 1 fully saturated rings. The molecular formula is C24H27N3O4S2. The van der Waals surface area contributed by atoms with Gasteiger partial charge in [0.25, 0.3) is 0 Å². The van der Waals surface area contributed by atoms with Crippen LogP contribution in [0.2, 0.25) is 0 Å². The van der Waals surface area contributed by atoms with Crippen LogP contribution in [0.15, 0.2) is 52.3 Å². The van der Waals surface area contributed by atoms with E-state index in [2.05, 4.69) is 17.4 Å². The third kappa shape index (κ3) is 4.29. The van der Waals surface area contributed by atoms with E-state index in [4.69, 9.17) is 0 Å². The number of piperidine rings is 1. The first-order valence-corrected chi connectivity index (χ1v) is 13.6. The molecule has 2 aromatic carbocycles. The normalized spacial score (nSPS) is 21.8. The minimum atomic E-state index is -3.69. The molecule has 9 heteroatoms. The van der Waals surface area contributed by atoms with Gasteiger partial charge in [0.2, 0.25) is 21.8 Å². The molecule has 3 aliphatic heterocycles. The second-order valence-electron chi connectivity index (χ2n) is 8.86. The summed E-state index contributed by atoms with van der Waals surface area (Å²) in [6.07, 6.45) is 1.90. The van der Waals surface area contributed by atoms with Crippen LogP contribution in [-0.2, 0) is 32.6 Å².